The molecule has 70 valence electrons. The summed E-state index contributed by atoms with van der Waals surface area (Å²) in [5, 5.41) is 8.64. The van der Waals surface area contributed by atoms with Crippen LogP contribution in [0.4, 0.5) is 0 Å². The second kappa shape index (κ2) is 4.96. The molecule has 0 aliphatic rings. The summed E-state index contributed by atoms with van der Waals surface area (Å²) >= 11 is 0. The maximum absolute atomic E-state index is 10.5. The van der Waals surface area contributed by atoms with E-state index in [2.05, 4.69) is 13.5 Å². The highest BCUT2D eigenvalue weighted by Crippen LogP contribution is 2.18. The minimum atomic E-state index is -0.705. The third-order valence-corrected chi connectivity index (χ3v) is 1.87. The van der Waals surface area contributed by atoms with E-state index in [1.165, 1.54) is 0 Å². The summed E-state index contributed by atoms with van der Waals surface area (Å²) in [5.41, 5.74) is 1.13. The minimum absolute atomic E-state index is 0.237. The predicted octanol–water partition coefficient (Wildman–Crippen LogP) is 2.70. The first-order valence-corrected chi connectivity index (χ1v) is 4.30. The molecule has 0 aliphatic heterocycles. The fraction of sp³-hybridized carbons (Fsp3) is 0.700. The first-order chi connectivity index (χ1) is 5.43. The first kappa shape index (κ1) is 11.2. The molecule has 0 rings (SSSR count). The Bertz CT molecular complexity index is 173. The number of carboxylic acids is 1. The normalized spacial score (nSPS) is 15.2. The van der Waals surface area contributed by atoms with Gasteiger partial charge >= 0.3 is 5.97 Å². The van der Waals surface area contributed by atoms with Crippen LogP contribution >= 0.6 is 0 Å². The van der Waals surface area contributed by atoms with Gasteiger partial charge in [-0.3, -0.25) is 4.79 Å². The van der Waals surface area contributed by atoms with Crippen molar-refractivity contribution in [3.8, 4) is 0 Å². The second-order valence-electron chi connectivity index (χ2n) is 3.74. The van der Waals surface area contributed by atoms with Crippen molar-refractivity contribution in [1.29, 1.82) is 0 Å². The molecule has 0 unspecified atom stereocenters. The largest absolute Gasteiger partial charge is 0.481 e. The molecule has 0 heterocycles. The average molecular weight is 170 g/mol. The van der Waals surface area contributed by atoms with E-state index in [1.807, 2.05) is 6.92 Å². The highest BCUT2D eigenvalue weighted by Gasteiger charge is 2.14. The number of allylic oxidation sites excluding steroid dienone is 1. The summed E-state index contributed by atoms with van der Waals surface area (Å²) < 4.78 is 0. The van der Waals surface area contributed by atoms with E-state index < -0.39 is 5.97 Å². The van der Waals surface area contributed by atoms with Gasteiger partial charge in [-0.2, -0.15) is 0 Å². The van der Waals surface area contributed by atoms with E-state index >= 15 is 0 Å². The molecule has 2 heteroatoms. The molecule has 0 radical (unpaired) electrons. The molecule has 0 fully saturated rings. The lowest BCUT2D eigenvalue weighted by Gasteiger charge is -2.13. The van der Waals surface area contributed by atoms with Crippen molar-refractivity contribution in [2.75, 3.05) is 0 Å². The number of carbonyl (C=O) groups is 1. The van der Waals surface area contributed by atoms with Gasteiger partial charge in [0, 0.05) is 0 Å². The van der Waals surface area contributed by atoms with Crippen LogP contribution in [0.2, 0.25) is 0 Å². The highest BCUT2D eigenvalue weighted by molar-refractivity contribution is 5.69. The Morgan fingerprint density at radius 3 is 2.33 bits per heavy atom. The van der Waals surface area contributed by atoms with E-state index in [1.54, 1.807) is 6.92 Å². The fourth-order valence-corrected chi connectivity index (χ4v) is 1.38. The number of hydrogen-bond donors (Lipinski definition) is 1. The van der Waals surface area contributed by atoms with Gasteiger partial charge in [-0.15, -0.1) is 6.58 Å². The molecule has 0 aromatic carbocycles. The van der Waals surface area contributed by atoms with Crippen LogP contribution in [0.15, 0.2) is 12.2 Å². The molecule has 0 spiro atoms. The Balaban J connectivity index is 3.76. The molecular formula is C10H18O2. The van der Waals surface area contributed by atoms with Gasteiger partial charge in [0.25, 0.3) is 0 Å². The van der Waals surface area contributed by atoms with Gasteiger partial charge in [-0.1, -0.05) is 19.4 Å². The summed E-state index contributed by atoms with van der Waals surface area (Å²) in [7, 11) is 0. The molecule has 0 amide bonds. The lowest BCUT2D eigenvalue weighted by Crippen LogP contribution is -2.13. The van der Waals surface area contributed by atoms with Crippen molar-refractivity contribution in [2.45, 2.75) is 33.6 Å². The Morgan fingerprint density at radius 1 is 1.50 bits per heavy atom. The highest BCUT2D eigenvalue weighted by atomic mass is 16.4. The van der Waals surface area contributed by atoms with Crippen molar-refractivity contribution < 1.29 is 9.90 Å². The maximum Gasteiger partial charge on any atom is 0.306 e. The number of hydrogen-bond acceptors (Lipinski definition) is 1. The zero-order chi connectivity index (χ0) is 9.72. The third kappa shape index (κ3) is 4.94. The van der Waals surface area contributed by atoms with Gasteiger partial charge in [-0.05, 0) is 25.7 Å². The van der Waals surface area contributed by atoms with Crippen LogP contribution in [-0.4, -0.2) is 11.1 Å². The zero-order valence-electron chi connectivity index (χ0n) is 8.13. The molecule has 1 N–H and O–H groups in total. The van der Waals surface area contributed by atoms with E-state index in [0.717, 1.165) is 18.4 Å². The lowest BCUT2D eigenvalue weighted by molar-refractivity contribution is -0.141. The molecule has 12 heavy (non-hydrogen) atoms. The number of carboxylic acid groups (broad SMARTS) is 1. The maximum atomic E-state index is 10.5. The molecular weight excluding hydrogens is 152 g/mol. The van der Waals surface area contributed by atoms with Crippen LogP contribution < -0.4 is 0 Å². The topological polar surface area (TPSA) is 37.3 Å². The lowest BCUT2D eigenvalue weighted by atomic mass is 9.93. The molecule has 0 aliphatic carbocycles. The van der Waals surface area contributed by atoms with Crippen molar-refractivity contribution >= 4 is 5.97 Å². The zero-order valence-corrected chi connectivity index (χ0v) is 8.13. The second-order valence-corrected chi connectivity index (χ2v) is 3.74. The Kier molecular flexibility index (Phi) is 4.64. The van der Waals surface area contributed by atoms with Crippen LogP contribution in [0.25, 0.3) is 0 Å². The van der Waals surface area contributed by atoms with E-state index in [9.17, 15) is 4.79 Å². The summed E-state index contributed by atoms with van der Waals surface area (Å²) in [6.45, 7) is 9.58. The molecule has 0 bridgehead atoms. The molecule has 0 aromatic heterocycles. The van der Waals surface area contributed by atoms with Crippen LogP contribution in [-0.2, 0) is 4.79 Å². The third-order valence-electron chi connectivity index (χ3n) is 1.87. The Labute approximate surface area is 74.3 Å². The monoisotopic (exact) mass is 170 g/mol. The summed E-state index contributed by atoms with van der Waals surface area (Å²) in [6, 6.07) is 0. The fourth-order valence-electron chi connectivity index (χ4n) is 1.38. The predicted molar refractivity (Wildman–Crippen MR) is 50.0 cm³/mol. The van der Waals surface area contributed by atoms with Crippen LogP contribution in [0.5, 0.6) is 0 Å². The summed E-state index contributed by atoms with van der Waals surface area (Å²) in [5.74, 6) is -0.517. The summed E-state index contributed by atoms with van der Waals surface area (Å²) in [6.07, 6.45) is 1.67. The van der Waals surface area contributed by atoms with Gasteiger partial charge in [0.1, 0.15) is 0 Å². The average Bonchev–Trinajstić information content (AvgIpc) is 1.84. The van der Waals surface area contributed by atoms with Gasteiger partial charge in [0.05, 0.1) is 5.92 Å². The van der Waals surface area contributed by atoms with Crippen molar-refractivity contribution in [2.24, 2.45) is 11.8 Å². The van der Waals surface area contributed by atoms with Gasteiger partial charge in [0.15, 0.2) is 0 Å². The SMILES string of the molecule is C=C(C)C[C@H](C)C[C@H](C)C(=O)O. The Hall–Kier alpha value is -0.790. The van der Waals surface area contributed by atoms with Gasteiger partial charge in [0.2, 0.25) is 0 Å². The van der Waals surface area contributed by atoms with E-state index in [0.29, 0.717) is 5.92 Å². The molecule has 0 aromatic rings. The molecule has 2 atom stereocenters. The van der Waals surface area contributed by atoms with Gasteiger partial charge in [-0.25, -0.2) is 0 Å². The van der Waals surface area contributed by atoms with Crippen LogP contribution in [0.3, 0.4) is 0 Å². The van der Waals surface area contributed by atoms with Crippen LogP contribution in [0, 0.1) is 11.8 Å². The molecule has 2 nitrogen and oxygen atoms in total. The van der Waals surface area contributed by atoms with Gasteiger partial charge < -0.3 is 5.11 Å². The van der Waals surface area contributed by atoms with E-state index in [-0.39, 0.29) is 5.92 Å². The van der Waals surface area contributed by atoms with Crippen molar-refractivity contribution in [1.82, 2.24) is 0 Å². The quantitative estimate of drug-likeness (QED) is 0.644. The number of aliphatic carboxylic acids is 1. The molecule has 0 saturated heterocycles. The standard InChI is InChI=1S/C10H18O2/c1-7(2)5-8(3)6-9(4)10(11)12/h8-9H,1,5-6H2,2-4H3,(H,11,12)/t8-,9-/m0/s1. The Morgan fingerprint density at radius 2 is 2.00 bits per heavy atom. The smallest absolute Gasteiger partial charge is 0.306 e. The van der Waals surface area contributed by atoms with Crippen molar-refractivity contribution in [3.63, 3.8) is 0 Å². The van der Waals surface area contributed by atoms with Crippen molar-refractivity contribution in [3.05, 3.63) is 12.2 Å². The van der Waals surface area contributed by atoms with Crippen LogP contribution in [0.1, 0.15) is 33.6 Å². The number of rotatable bonds is 5. The minimum Gasteiger partial charge on any atom is -0.481 e. The molecule has 0 saturated carbocycles. The summed E-state index contributed by atoms with van der Waals surface area (Å²) in [4.78, 5) is 10.5. The first-order valence-electron chi connectivity index (χ1n) is 4.30. The van der Waals surface area contributed by atoms with E-state index in [4.69, 9.17) is 5.11 Å².